The van der Waals surface area contributed by atoms with Crippen molar-refractivity contribution in [3.63, 3.8) is 0 Å². The van der Waals surface area contributed by atoms with E-state index in [0.29, 0.717) is 12.2 Å². The number of rotatable bonds is 4. The van der Waals surface area contributed by atoms with Crippen molar-refractivity contribution in [1.29, 1.82) is 0 Å². The van der Waals surface area contributed by atoms with Crippen molar-refractivity contribution >= 4 is 17.8 Å². The number of ketones is 1. The molecule has 1 rings (SSSR count). The molecule has 0 atom stereocenters. The van der Waals surface area contributed by atoms with Crippen LogP contribution in [0.5, 0.6) is 5.75 Å². The van der Waals surface area contributed by atoms with Crippen LogP contribution in [-0.2, 0) is 9.53 Å². The van der Waals surface area contributed by atoms with Gasteiger partial charge in [0.2, 0.25) is 0 Å². The second-order valence-corrected chi connectivity index (χ2v) is 3.42. The highest BCUT2D eigenvalue weighted by atomic mass is 16.5. The summed E-state index contributed by atoms with van der Waals surface area (Å²) in [5.74, 6) is -0.732. The number of phenolic OH excluding ortho intramolecular Hbond substituents is 1. The quantitative estimate of drug-likeness (QED) is 0.492. The van der Waals surface area contributed by atoms with Crippen LogP contribution in [0.2, 0.25) is 0 Å². The summed E-state index contributed by atoms with van der Waals surface area (Å²) in [4.78, 5) is 22.3. The Balaban J connectivity index is 2.89. The predicted molar refractivity (Wildman–Crippen MR) is 63.8 cm³/mol. The van der Waals surface area contributed by atoms with Crippen molar-refractivity contribution in [2.75, 3.05) is 6.61 Å². The number of hydrogen-bond acceptors (Lipinski definition) is 4. The molecule has 0 saturated heterocycles. The smallest absolute Gasteiger partial charge is 0.330 e. The van der Waals surface area contributed by atoms with Crippen LogP contribution < -0.4 is 0 Å². The Morgan fingerprint density at radius 2 is 2.12 bits per heavy atom. The summed E-state index contributed by atoms with van der Waals surface area (Å²) in [5.41, 5.74) is 0.886. The largest absolute Gasteiger partial charge is 0.507 e. The molecular formula is C13H14O4. The standard InChI is InChI=1S/C13H14O4/c1-3-17-13(16)7-5-10-4-6-12(15)11(8-10)9(2)14/h4-8,15H,3H2,1-2H3. The average Bonchev–Trinajstić information content (AvgIpc) is 2.28. The molecule has 4 nitrogen and oxygen atoms in total. The Hall–Kier alpha value is -2.10. The van der Waals surface area contributed by atoms with E-state index in [1.165, 1.54) is 31.2 Å². The molecule has 0 heterocycles. The minimum absolute atomic E-state index is 0.0641. The summed E-state index contributed by atoms with van der Waals surface area (Å²) in [5, 5.41) is 9.43. The molecule has 0 unspecified atom stereocenters. The molecule has 17 heavy (non-hydrogen) atoms. The van der Waals surface area contributed by atoms with Gasteiger partial charge in [-0.2, -0.15) is 0 Å². The normalized spacial score (nSPS) is 10.5. The molecule has 0 spiro atoms. The van der Waals surface area contributed by atoms with E-state index in [2.05, 4.69) is 0 Å². The van der Waals surface area contributed by atoms with Crippen LogP contribution in [0.4, 0.5) is 0 Å². The lowest BCUT2D eigenvalue weighted by molar-refractivity contribution is -0.137. The molecule has 0 aromatic heterocycles. The van der Waals surface area contributed by atoms with Gasteiger partial charge in [0, 0.05) is 6.08 Å². The average molecular weight is 234 g/mol. The van der Waals surface area contributed by atoms with Gasteiger partial charge in [-0.15, -0.1) is 0 Å². The first-order chi connectivity index (χ1) is 8.04. The molecule has 0 radical (unpaired) electrons. The lowest BCUT2D eigenvalue weighted by atomic mass is 10.1. The van der Waals surface area contributed by atoms with Crippen LogP contribution in [0.15, 0.2) is 24.3 Å². The number of hydrogen-bond donors (Lipinski definition) is 1. The Labute approximate surface area is 99.5 Å². The fourth-order valence-electron chi connectivity index (χ4n) is 1.29. The molecule has 1 N–H and O–H groups in total. The Kier molecular flexibility index (Phi) is 4.46. The number of carbonyl (C=O) groups excluding carboxylic acids is 2. The summed E-state index contributed by atoms with van der Waals surface area (Å²) < 4.78 is 4.72. The van der Waals surface area contributed by atoms with Gasteiger partial charge in [-0.05, 0) is 37.6 Å². The molecule has 0 fully saturated rings. The van der Waals surface area contributed by atoms with E-state index in [0.717, 1.165) is 0 Å². The highest BCUT2D eigenvalue weighted by molar-refractivity contribution is 5.97. The van der Waals surface area contributed by atoms with Crippen LogP contribution in [-0.4, -0.2) is 23.5 Å². The summed E-state index contributed by atoms with van der Waals surface area (Å²) >= 11 is 0. The van der Waals surface area contributed by atoms with E-state index in [1.54, 1.807) is 13.0 Å². The number of ether oxygens (including phenoxy) is 1. The highest BCUT2D eigenvalue weighted by Gasteiger charge is 2.06. The van der Waals surface area contributed by atoms with E-state index >= 15 is 0 Å². The number of aromatic hydroxyl groups is 1. The minimum Gasteiger partial charge on any atom is -0.507 e. The molecule has 0 aliphatic carbocycles. The molecular weight excluding hydrogens is 220 g/mol. The van der Waals surface area contributed by atoms with Crippen LogP contribution >= 0.6 is 0 Å². The molecule has 1 aromatic carbocycles. The van der Waals surface area contributed by atoms with Gasteiger partial charge >= 0.3 is 5.97 Å². The van der Waals surface area contributed by atoms with Crippen molar-refractivity contribution in [3.05, 3.63) is 35.4 Å². The lowest BCUT2D eigenvalue weighted by Gasteiger charge is -2.01. The van der Waals surface area contributed by atoms with Crippen molar-refractivity contribution in [1.82, 2.24) is 0 Å². The summed E-state index contributed by atoms with van der Waals surface area (Å²) in [6.45, 7) is 3.41. The van der Waals surface area contributed by atoms with Gasteiger partial charge in [0.1, 0.15) is 5.75 Å². The third-order valence-corrected chi connectivity index (χ3v) is 2.10. The number of carbonyl (C=O) groups is 2. The fraction of sp³-hybridized carbons (Fsp3) is 0.231. The lowest BCUT2D eigenvalue weighted by Crippen LogP contribution is -1.98. The van der Waals surface area contributed by atoms with Gasteiger partial charge < -0.3 is 9.84 Å². The van der Waals surface area contributed by atoms with Crippen molar-refractivity contribution < 1.29 is 19.4 Å². The van der Waals surface area contributed by atoms with Crippen LogP contribution in [0, 0.1) is 0 Å². The molecule has 4 heteroatoms. The van der Waals surface area contributed by atoms with Crippen molar-refractivity contribution in [2.24, 2.45) is 0 Å². The number of esters is 1. The first-order valence-electron chi connectivity index (χ1n) is 5.23. The second-order valence-electron chi connectivity index (χ2n) is 3.42. The zero-order chi connectivity index (χ0) is 12.8. The zero-order valence-electron chi connectivity index (χ0n) is 9.77. The first kappa shape index (κ1) is 13.0. The molecule has 0 aliphatic rings. The zero-order valence-corrected chi connectivity index (χ0v) is 9.77. The third kappa shape index (κ3) is 3.75. The molecule has 90 valence electrons. The molecule has 0 bridgehead atoms. The Bertz CT molecular complexity index is 460. The Morgan fingerprint density at radius 3 is 2.71 bits per heavy atom. The topological polar surface area (TPSA) is 63.6 Å². The van der Waals surface area contributed by atoms with E-state index < -0.39 is 5.97 Å². The fourth-order valence-corrected chi connectivity index (χ4v) is 1.29. The van der Waals surface area contributed by atoms with Gasteiger partial charge in [0.05, 0.1) is 12.2 Å². The SMILES string of the molecule is CCOC(=O)C=Cc1ccc(O)c(C(C)=O)c1. The molecule has 0 saturated carbocycles. The van der Waals surface area contributed by atoms with Crippen molar-refractivity contribution in [3.8, 4) is 5.75 Å². The summed E-state index contributed by atoms with van der Waals surface area (Å²) in [7, 11) is 0. The molecule has 0 aliphatic heterocycles. The first-order valence-corrected chi connectivity index (χ1v) is 5.23. The minimum atomic E-state index is -0.440. The highest BCUT2D eigenvalue weighted by Crippen LogP contribution is 2.19. The summed E-state index contributed by atoms with van der Waals surface area (Å²) in [6, 6.07) is 4.55. The number of benzene rings is 1. The monoisotopic (exact) mass is 234 g/mol. The molecule has 0 amide bonds. The summed E-state index contributed by atoms with van der Waals surface area (Å²) in [6.07, 6.45) is 2.81. The van der Waals surface area contributed by atoms with Gasteiger partial charge in [0.25, 0.3) is 0 Å². The predicted octanol–water partition coefficient (Wildman–Crippen LogP) is 2.17. The van der Waals surface area contributed by atoms with E-state index in [9.17, 15) is 14.7 Å². The van der Waals surface area contributed by atoms with Crippen LogP contribution in [0.25, 0.3) is 6.08 Å². The van der Waals surface area contributed by atoms with E-state index in [4.69, 9.17) is 4.74 Å². The van der Waals surface area contributed by atoms with Gasteiger partial charge in [0.15, 0.2) is 5.78 Å². The third-order valence-electron chi connectivity index (χ3n) is 2.10. The van der Waals surface area contributed by atoms with Crippen molar-refractivity contribution in [2.45, 2.75) is 13.8 Å². The van der Waals surface area contributed by atoms with E-state index in [-0.39, 0.29) is 17.1 Å². The van der Waals surface area contributed by atoms with Crippen LogP contribution in [0.3, 0.4) is 0 Å². The number of Topliss-reactive ketones (excluding diaryl/α,β-unsaturated/α-hetero) is 1. The van der Waals surface area contributed by atoms with Crippen LogP contribution in [0.1, 0.15) is 29.8 Å². The number of phenols is 1. The van der Waals surface area contributed by atoms with Gasteiger partial charge in [-0.1, -0.05) is 6.07 Å². The van der Waals surface area contributed by atoms with E-state index in [1.807, 2.05) is 0 Å². The van der Waals surface area contributed by atoms with Gasteiger partial charge in [-0.3, -0.25) is 4.79 Å². The maximum Gasteiger partial charge on any atom is 0.330 e. The maximum atomic E-state index is 11.2. The maximum absolute atomic E-state index is 11.2. The molecule has 1 aromatic rings. The Morgan fingerprint density at radius 1 is 1.41 bits per heavy atom. The van der Waals surface area contributed by atoms with Gasteiger partial charge in [-0.25, -0.2) is 4.79 Å². The second kappa shape index (κ2) is 5.84.